The normalized spacial score (nSPS) is 18.8. The Morgan fingerprint density at radius 1 is 1.41 bits per heavy atom. The Bertz CT molecular complexity index is 457. The third kappa shape index (κ3) is 2.58. The number of rotatable bonds is 1. The lowest BCUT2D eigenvalue weighted by Gasteiger charge is -2.39. The molecule has 0 unspecified atom stereocenters. The van der Waals surface area contributed by atoms with Crippen LogP contribution in [0.4, 0.5) is 5.82 Å². The summed E-state index contributed by atoms with van der Waals surface area (Å²) in [4.78, 5) is 6.80. The van der Waals surface area contributed by atoms with Gasteiger partial charge in [0.05, 0.1) is 5.56 Å². The van der Waals surface area contributed by atoms with Crippen molar-refractivity contribution in [3.8, 4) is 6.07 Å². The average molecular weight is 229 g/mol. The van der Waals surface area contributed by atoms with Crippen LogP contribution in [0.3, 0.4) is 0 Å². The predicted octanol–water partition coefficient (Wildman–Crippen LogP) is 2.89. The zero-order valence-corrected chi connectivity index (χ0v) is 10.8. The molecular formula is C14H19N3. The molecule has 2 heterocycles. The molecule has 90 valence electrons. The van der Waals surface area contributed by atoms with Gasteiger partial charge < -0.3 is 4.90 Å². The van der Waals surface area contributed by atoms with Gasteiger partial charge in [0, 0.05) is 18.8 Å². The Kier molecular flexibility index (Phi) is 3.06. The lowest BCUT2D eigenvalue weighted by Crippen LogP contribution is -2.41. The summed E-state index contributed by atoms with van der Waals surface area (Å²) in [5.41, 5.74) is 1.98. The summed E-state index contributed by atoms with van der Waals surface area (Å²) in [5.74, 6) is 0.861. The van der Waals surface area contributed by atoms with E-state index in [0.717, 1.165) is 24.6 Å². The number of aromatic nitrogens is 1. The molecule has 2 rings (SSSR count). The van der Waals surface area contributed by atoms with Gasteiger partial charge >= 0.3 is 0 Å². The molecule has 1 saturated heterocycles. The van der Waals surface area contributed by atoms with Crippen LogP contribution in [0.1, 0.15) is 37.9 Å². The molecule has 0 aromatic carbocycles. The zero-order valence-electron chi connectivity index (χ0n) is 10.8. The van der Waals surface area contributed by atoms with Crippen molar-refractivity contribution in [1.82, 2.24) is 4.98 Å². The van der Waals surface area contributed by atoms with Crippen molar-refractivity contribution in [2.75, 3.05) is 18.0 Å². The number of anilines is 1. The van der Waals surface area contributed by atoms with Gasteiger partial charge in [-0.15, -0.1) is 0 Å². The first-order valence-corrected chi connectivity index (χ1v) is 6.14. The zero-order chi connectivity index (χ0) is 12.5. The van der Waals surface area contributed by atoms with Gasteiger partial charge in [0.1, 0.15) is 11.9 Å². The highest BCUT2D eigenvalue weighted by molar-refractivity contribution is 5.54. The fraction of sp³-hybridized carbons (Fsp3) is 0.571. The quantitative estimate of drug-likeness (QED) is 0.743. The van der Waals surface area contributed by atoms with Crippen molar-refractivity contribution in [3.63, 3.8) is 0 Å². The maximum atomic E-state index is 9.15. The number of nitriles is 1. The average Bonchev–Trinajstić information content (AvgIpc) is 2.27. The lowest BCUT2D eigenvalue weighted by molar-refractivity contribution is 0.292. The minimum absolute atomic E-state index is 0.316. The molecular weight excluding hydrogens is 210 g/mol. The molecule has 17 heavy (non-hydrogen) atoms. The summed E-state index contributed by atoms with van der Waals surface area (Å²) in [6, 6.07) is 6.02. The molecule has 0 radical (unpaired) electrons. The van der Waals surface area contributed by atoms with Crippen molar-refractivity contribution in [1.29, 1.82) is 5.26 Å². The smallest absolute Gasteiger partial charge is 0.146 e. The van der Waals surface area contributed by atoms with Crippen LogP contribution < -0.4 is 4.90 Å². The number of aryl methyl sites for hydroxylation is 1. The van der Waals surface area contributed by atoms with E-state index in [4.69, 9.17) is 5.26 Å². The highest BCUT2D eigenvalue weighted by Gasteiger charge is 2.28. The highest BCUT2D eigenvalue weighted by atomic mass is 15.2. The Morgan fingerprint density at radius 3 is 2.82 bits per heavy atom. The largest absolute Gasteiger partial charge is 0.355 e. The maximum Gasteiger partial charge on any atom is 0.146 e. The van der Waals surface area contributed by atoms with E-state index in [1.54, 1.807) is 0 Å². The number of piperidine rings is 1. The minimum atomic E-state index is 0.316. The highest BCUT2D eigenvalue weighted by Crippen LogP contribution is 2.32. The van der Waals surface area contributed by atoms with Crippen LogP contribution in [0.5, 0.6) is 0 Å². The topological polar surface area (TPSA) is 39.9 Å². The molecule has 0 amide bonds. The molecule has 1 aliphatic rings. The van der Waals surface area contributed by atoms with Crippen LogP contribution in [0.2, 0.25) is 0 Å². The number of hydrogen-bond donors (Lipinski definition) is 0. The fourth-order valence-corrected chi connectivity index (χ4v) is 2.48. The van der Waals surface area contributed by atoms with E-state index in [0.29, 0.717) is 11.0 Å². The van der Waals surface area contributed by atoms with Gasteiger partial charge in [-0.1, -0.05) is 13.8 Å². The van der Waals surface area contributed by atoms with E-state index >= 15 is 0 Å². The summed E-state index contributed by atoms with van der Waals surface area (Å²) in [6.07, 6.45) is 2.42. The van der Waals surface area contributed by atoms with Crippen molar-refractivity contribution < 1.29 is 0 Å². The Hall–Kier alpha value is -1.56. The van der Waals surface area contributed by atoms with Crippen LogP contribution >= 0.6 is 0 Å². The van der Waals surface area contributed by atoms with Gasteiger partial charge in [0.2, 0.25) is 0 Å². The number of hydrogen-bond acceptors (Lipinski definition) is 3. The summed E-state index contributed by atoms with van der Waals surface area (Å²) in [5, 5.41) is 9.15. The van der Waals surface area contributed by atoms with Crippen LogP contribution in [0.15, 0.2) is 12.1 Å². The summed E-state index contributed by atoms with van der Waals surface area (Å²) < 4.78 is 0. The van der Waals surface area contributed by atoms with Crippen LogP contribution in [0, 0.1) is 23.7 Å². The van der Waals surface area contributed by atoms with E-state index in [9.17, 15) is 0 Å². The maximum absolute atomic E-state index is 9.15. The second-order valence-corrected chi connectivity index (χ2v) is 5.62. The summed E-state index contributed by atoms with van der Waals surface area (Å²) in [6.45, 7) is 8.52. The van der Waals surface area contributed by atoms with Gasteiger partial charge in [-0.3, -0.25) is 0 Å². The summed E-state index contributed by atoms with van der Waals surface area (Å²) in [7, 11) is 0. The first-order valence-electron chi connectivity index (χ1n) is 6.14. The second kappa shape index (κ2) is 4.37. The van der Waals surface area contributed by atoms with Gasteiger partial charge in [-0.05, 0) is 37.3 Å². The molecule has 1 aromatic heterocycles. The van der Waals surface area contributed by atoms with Gasteiger partial charge in [-0.25, -0.2) is 4.98 Å². The lowest BCUT2D eigenvalue weighted by atomic mass is 9.84. The second-order valence-electron chi connectivity index (χ2n) is 5.62. The van der Waals surface area contributed by atoms with Gasteiger partial charge in [0.15, 0.2) is 0 Å². The third-order valence-corrected chi connectivity index (χ3v) is 3.33. The van der Waals surface area contributed by atoms with Crippen LogP contribution in [0.25, 0.3) is 0 Å². The molecule has 3 nitrogen and oxygen atoms in total. The molecule has 3 heteroatoms. The molecule has 1 fully saturated rings. The van der Waals surface area contributed by atoms with Crippen molar-refractivity contribution in [3.05, 3.63) is 23.4 Å². The van der Waals surface area contributed by atoms with Crippen LogP contribution in [-0.2, 0) is 0 Å². The molecule has 0 N–H and O–H groups in total. The van der Waals surface area contributed by atoms with Gasteiger partial charge in [0.25, 0.3) is 0 Å². The monoisotopic (exact) mass is 229 g/mol. The SMILES string of the molecule is Cc1ccc(C#N)c(N2CCCC(C)(C)C2)n1. The van der Waals surface area contributed by atoms with Crippen LogP contribution in [-0.4, -0.2) is 18.1 Å². The van der Waals surface area contributed by atoms with E-state index in [-0.39, 0.29) is 0 Å². The van der Waals surface area contributed by atoms with Crippen molar-refractivity contribution in [2.45, 2.75) is 33.6 Å². The molecule has 1 aromatic rings. The molecule has 1 aliphatic heterocycles. The van der Waals surface area contributed by atoms with E-state index < -0.39 is 0 Å². The van der Waals surface area contributed by atoms with Gasteiger partial charge in [-0.2, -0.15) is 5.26 Å². The molecule has 0 saturated carbocycles. The first kappa shape index (κ1) is 11.9. The molecule has 0 bridgehead atoms. The Balaban J connectivity index is 2.33. The first-order chi connectivity index (χ1) is 8.02. The van der Waals surface area contributed by atoms with Crippen molar-refractivity contribution >= 4 is 5.82 Å². The fourth-order valence-electron chi connectivity index (χ4n) is 2.48. The number of nitrogens with zero attached hydrogens (tertiary/aromatic N) is 3. The van der Waals surface area contributed by atoms with E-state index in [1.165, 1.54) is 12.8 Å². The minimum Gasteiger partial charge on any atom is -0.355 e. The third-order valence-electron chi connectivity index (χ3n) is 3.33. The molecule has 0 atom stereocenters. The van der Waals surface area contributed by atoms with Crippen molar-refractivity contribution in [2.24, 2.45) is 5.41 Å². The van der Waals surface area contributed by atoms with E-state index in [1.807, 2.05) is 19.1 Å². The standard InChI is InChI=1S/C14H19N3/c1-11-5-6-12(9-15)13(16-11)17-8-4-7-14(2,3)10-17/h5-6H,4,7-8,10H2,1-3H3. The summed E-state index contributed by atoms with van der Waals surface area (Å²) >= 11 is 0. The molecule has 0 aliphatic carbocycles. The molecule has 0 spiro atoms. The predicted molar refractivity (Wildman–Crippen MR) is 68.9 cm³/mol. The number of pyridine rings is 1. The Labute approximate surface area is 103 Å². The Morgan fingerprint density at radius 2 is 2.18 bits per heavy atom. The van der Waals surface area contributed by atoms with E-state index in [2.05, 4.69) is 29.8 Å².